The largest absolute Gasteiger partial charge is 0.480 e. The highest BCUT2D eigenvalue weighted by atomic mass is 16.4. The molecule has 3 saturated heterocycles. The number of hydrogen-bond donors (Lipinski definition) is 1. The first-order valence-corrected chi connectivity index (χ1v) is 14.2. The van der Waals surface area contributed by atoms with Crippen LogP contribution in [-0.4, -0.2) is 56.2 Å². The van der Waals surface area contributed by atoms with Gasteiger partial charge < -0.3 is 14.6 Å². The van der Waals surface area contributed by atoms with Crippen LogP contribution in [0.5, 0.6) is 0 Å². The van der Waals surface area contributed by atoms with Gasteiger partial charge in [-0.15, -0.1) is 0 Å². The molecule has 2 aromatic rings. The SMILES string of the molecule is CC1C[C@@H]2CC(N3[C@@H]4CC[C@H]3CC(n3c(=O)c(N5CC[C@@H]5C(=O)O)nc5ccccc53)C4)C[C@H](C1)C2. The molecule has 192 valence electrons. The minimum atomic E-state index is -0.875. The number of rotatable bonds is 4. The Morgan fingerprint density at radius 2 is 1.58 bits per heavy atom. The number of anilines is 1. The van der Waals surface area contributed by atoms with E-state index in [1.54, 1.807) is 4.90 Å². The van der Waals surface area contributed by atoms with Gasteiger partial charge in [0, 0.05) is 30.7 Å². The lowest BCUT2D eigenvalue weighted by molar-refractivity contribution is -0.140. The number of benzene rings is 1. The first kappa shape index (κ1) is 22.8. The number of nitrogens with zero attached hydrogens (tertiary/aromatic N) is 4. The normalized spacial score (nSPS) is 38.2. The summed E-state index contributed by atoms with van der Waals surface area (Å²) in [6.45, 7) is 3.02. The highest BCUT2D eigenvalue weighted by Gasteiger charge is 2.48. The van der Waals surface area contributed by atoms with Crippen LogP contribution in [-0.2, 0) is 4.79 Å². The van der Waals surface area contributed by atoms with Crippen molar-refractivity contribution in [3.05, 3.63) is 34.6 Å². The number of aliphatic carboxylic acids is 1. The summed E-state index contributed by atoms with van der Waals surface area (Å²) in [5, 5.41) is 9.61. The third-order valence-electron chi connectivity index (χ3n) is 10.3. The molecule has 2 saturated carbocycles. The molecular formula is C29H38N4O3. The topological polar surface area (TPSA) is 78.7 Å². The third kappa shape index (κ3) is 3.60. The summed E-state index contributed by atoms with van der Waals surface area (Å²) < 4.78 is 1.99. The number of para-hydroxylation sites is 2. The Morgan fingerprint density at radius 1 is 0.889 bits per heavy atom. The van der Waals surface area contributed by atoms with Gasteiger partial charge in [-0.3, -0.25) is 9.69 Å². The Balaban J connectivity index is 1.20. The third-order valence-corrected chi connectivity index (χ3v) is 10.3. The predicted octanol–water partition coefficient (Wildman–Crippen LogP) is 4.44. The quantitative estimate of drug-likeness (QED) is 0.683. The standard InChI is InChI=1S/C29H38N4O3/c1-17-10-18-12-19(11-17)14-22(13-18)32-20-6-7-21(32)16-23(15-20)33-25-5-3-2-4-24(25)30-27(28(33)34)31-9-8-26(31)29(35)36/h2-5,17-23,26H,6-16H2,1H3,(H,35,36)/t17?,18-,19+,20-,21+,22?,23?,26-/m1/s1. The summed E-state index contributed by atoms with van der Waals surface area (Å²) in [5.74, 6) is 2.15. The molecule has 36 heavy (non-hydrogen) atoms. The molecule has 1 aromatic heterocycles. The van der Waals surface area contributed by atoms with Gasteiger partial charge in [-0.25, -0.2) is 9.78 Å². The summed E-state index contributed by atoms with van der Waals surface area (Å²) in [4.78, 5) is 34.9. The average molecular weight is 491 g/mol. The molecule has 7 nitrogen and oxygen atoms in total. The van der Waals surface area contributed by atoms with E-state index in [4.69, 9.17) is 0 Å². The van der Waals surface area contributed by atoms with Gasteiger partial charge in [0.1, 0.15) is 6.04 Å². The minimum Gasteiger partial charge on any atom is -0.480 e. The van der Waals surface area contributed by atoms with Crippen LogP contribution in [0, 0.1) is 17.8 Å². The van der Waals surface area contributed by atoms with Gasteiger partial charge >= 0.3 is 5.97 Å². The van der Waals surface area contributed by atoms with E-state index in [2.05, 4.69) is 16.8 Å². The molecule has 2 aliphatic carbocycles. The first-order valence-electron chi connectivity index (χ1n) is 14.2. The maximum Gasteiger partial charge on any atom is 0.326 e. The predicted molar refractivity (Wildman–Crippen MR) is 139 cm³/mol. The summed E-state index contributed by atoms with van der Waals surface area (Å²) in [6.07, 6.45) is 12.1. The van der Waals surface area contributed by atoms with Crippen LogP contribution in [0.1, 0.15) is 77.2 Å². The van der Waals surface area contributed by atoms with Crippen molar-refractivity contribution in [1.29, 1.82) is 0 Å². The lowest BCUT2D eigenvalue weighted by Gasteiger charge is -2.50. The van der Waals surface area contributed by atoms with Crippen molar-refractivity contribution >= 4 is 22.8 Å². The molecule has 0 radical (unpaired) electrons. The fraction of sp³-hybridized carbons (Fsp3) is 0.690. The molecule has 3 aliphatic heterocycles. The maximum atomic E-state index is 13.9. The molecule has 1 aromatic carbocycles. The van der Waals surface area contributed by atoms with Crippen molar-refractivity contribution in [3.8, 4) is 0 Å². The summed E-state index contributed by atoms with van der Waals surface area (Å²) in [5.41, 5.74) is 1.56. The van der Waals surface area contributed by atoms with Crippen LogP contribution >= 0.6 is 0 Å². The molecule has 4 bridgehead atoms. The number of fused-ring (bicyclic) bond motifs is 5. The molecule has 5 aliphatic rings. The zero-order valence-electron chi connectivity index (χ0n) is 21.3. The molecule has 5 fully saturated rings. The Bertz CT molecular complexity index is 1210. The fourth-order valence-corrected chi connectivity index (χ4v) is 8.97. The Labute approximate surface area is 212 Å². The van der Waals surface area contributed by atoms with Gasteiger partial charge in [0.05, 0.1) is 11.0 Å². The second kappa shape index (κ2) is 8.57. The first-order chi connectivity index (χ1) is 17.5. The van der Waals surface area contributed by atoms with Crippen LogP contribution in [0.2, 0.25) is 0 Å². The number of aromatic nitrogens is 2. The molecule has 0 spiro atoms. The van der Waals surface area contributed by atoms with Crippen LogP contribution in [0.25, 0.3) is 11.0 Å². The van der Waals surface area contributed by atoms with Gasteiger partial charge in [0.25, 0.3) is 5.56 Å². The van der Waals surface area contributed by atoms with Crippen molar-refractivity contribution in [2.24, 2.45) is 17.8 Å². The lowest BCUT2D eigenvalue weighted by Crippen LogP contribution is -2.56. The van der Waals surface area contributed by atoms with E-state index in [0.717, 1.165) is 47.7 Å². The molecule has 8 atom stereocenters. The number of carbonyl (C=O) groups is 1. The van der Waals surface area contributed by atoms with Crippen molar-refractivity contribution in [3.63, 3.8) is 0 Å². The summed E-state index contributed by atoms with van der Waals surface area (Å²) in [6, 6.07) is 9.21. The molecule has 7 rings (SSSR count). The molecular weight excluding hydrogens is 452 g/mol. The average Bonchev–Trinajstić information content (AvgIpc) is 3.07. The van der Waals surface area contributed by atoms with E-state index >= 15 is 0 Å². The second-order valence-corrected chi connectivity index (χ2v) is 12.6. The molecule has 3 unspecified atom stereocenters. The van der Waals surface area contributed by atoms with Gasteiger partial charge in [0.15, 0.2) is 5.82 Å². The molecule has 0 amide bonds. The van der Waals surface area contributed by atoms with Crippen molar-refractivity contribution in [2.75, 3.05) is 11.4 Å². The Kier molecular flexibility index (Phi) is 5.42. The van der Waals surface area contributed by atoms with Crippen molar-refractivity contribution < 1.29 is 9.90 Å². The Morgan fingerprint density at radius 3 is 2.22 bits per heavy atom. The molecule has 4 heterocycles. The smallest absolute Gasteiger partial charge is 0.326 e. The summed E-state index contributed by atoms with van der Waals surface area (Å²) in [7, 11) is 0. The lowest BCUT2D eigenvalue weighted by atomic mass is 9.66. The number of piperidine rings is 1. The fourth-order valence-electron chi connectivity index (χ4n) is 8.97. The zero-order chi connectivity index (χ0) is 24.6. The number of carboxylic acids is 1. The second-order valence-electron chi connectivity index (χ2n) is 12.6. The van der Waals surface area contributed by atoms with Gasteiger partial charge in [-0.05, 0) is 94.1 Å². The zero-order valence-corrected chi connectivity index (χ0v) is 21.3. The number of hydrogen-bond acceptors (Lipinski definition) is 5. The van der Waals surface area contributed by atoms with Crippen LogP contribution in [0.15, 0.2) is 29.1 Å². The van der Waals surface area contributed by atoms with Crippen molar-refractivity contribution in [1.82, 2.24) is 14.5 Å². The van der Waals surface area contributed by atoms with Crippen molar-refractivity contribution in [2.45, 2.75) is 101 Å². The maximum absolute atomic E-state index is 13.9. The van der Waals surface area contributed by atoms with Crippen LogP contribution < -0.4 is 10.5 Å². The summed E-state index contributed by atoms with van der Waals surface area (Å²) >= 11 is 0. The van der Waals surface area contributed by atoms with E-state index in [1.807, 2.05) is 28.8 Å². The highest BCUT2D eigenvalue weighted by molar-refractivity contribution is 5.81. The van der Waals surface area contributed by atoms with E-state index in [-0.39, 0.29) is 11.6 Å². The van der Waals surface area contributed by atoms with E-state index in [9.17, 15) is 14.7 Å². The van der Waals surface area contributed by atoms with Gasteiger partial charge in [-0.2, -0.15) is 0 Å². The van der Waals surface area contributed by atoms with Gasteiger partial charge in [0.2, 0.25) is 0 Å². The van der Waals surface area contributed by atoms with E-state index in [0.29, 0.717) is 30.9 Å². The molecule has 7 heteroatoms. The minimum absolute atomic E-state index is 0.112. The molecule has 1 N–H and O–H groups in total. The van der Waals surface area contributed by atoms with E-state index in [1.165, 1.54) is 44.9 Å². The Hall–Kier alpha value is -2.41. The van der Waals surface area contributed by atoms with Gasteiger partial charge in [-0.1, -0.05) is 19.1 Å². The monoisotopic (exact) mass is 490 g/mol. The van der Waals surface area contributed by atoms with Crippen LogP contribution in [0.4, 0.5) is 5.82 Å². The van der Waals surface area contributed by atoms with Crippen LogP contribution in [0.3, 0.4) is 0 Å². The highest BCUT2D eigenvalue weighted by Crippen LogP contribution is 2.49. The number of carboxylic acid groups (broad SMARTS) is 1. The van der Waals surface area contributed by atoms with E-state index < -0.39 is 12.0 Å².